The SMILES string of the molecule is CC(=O)O[C@@H]1[C@@H](OC(C)=O)C2=C(C)C(=O)O[C@]2(O)C[C@@]2(C)O[C@@H]2CC[C@H](C)[C@H]2CC[C@@]1(C)O2. The summed E-state index contributed by atoms with van der Waals surface area (Å²) < 4.78 is 29.3. The summed E-state index contributed by atoms with van der Waals surface area (Å²) in [6.45, 7) is 9.80. The zero-order valence-corrected chi connectivity index (χ0v) is 20.1. The number of carbonyl (C=O) groups excluding carboxylic acids is 3. The Kier molecular flexibility index (Phi) is 5.90. The van der Waals surface area contributed by atoms with Gasteiger partial charge in [0.05, 0.1) is 23.4 Å². The molecule has 1 N–H and O–H groups in total. The van der Waals surface area contributed by atoms with Gasteiger partial charge in [0.25, 0.3) is 0 Å². The highest BCUT2D eigenvalue weighted by atomic mass is 16.7. The molecule has 33 heavy (non-hydrogen) atoms. The first kappa shape index (κ1) is 24.2. The van der Waals surface area contributed by atoms with E-state index in [-0.39, 0.29) is 35.7 Å². The van der Waals surface area contributed by atoms with Crippen LogP contribution in [0, 0.1) is 5.92 Å². The van der Waals surface area contributed by atoms with Crippen LogP contribution in [0.4, 0.5) is 0 Å². The molecule has 0 aromatic rings. The van der Waals surface area contributed by atoms with Crippen molar-refractivity contribution in [3.63, 3.8) is 0 Å². The molecule has 0 unspecified atom stereocenters. The Labute approximate surface area is 193 Å². The first-order chi connectivity index (χ1) is 15.3. The van der Waals surface area contributed by atoms with Gasteiger partial charge in [-0.05, 0) is 52.4 Å². The molecule has 4 rings (SSSR count). The molecule has 0 saturated carbocycles. The zero-order valence-electron chi connectivity index (χ0n) is 20.1. The second-order valence-corrected chi connectivity index (χ2v) is 10.4. The average molecular weight is 467 g/mol. The van der Waals surface area contributed by atoms with Gasteiger partial charge in [-0.25, -0.2) is 4.79 Å². The highest BCUT2D eigenvalue weighted by Gasteiger charge is 2.64. The quantitative estimate of drug-likeness (QED) is 0.371. The lowest BCUT2D eigenvalue weighted by molar-refractivity contribution is -0.209. The fraction of sp³-hybridized carbons (Fsp3) is 0.792. The molecule has 3 fully saturated rings. The Morgan fingerprint density at radius 2 is 1.70 bits per heavy atom. The largest absolute Gasteiger partial charge is 0.455 e. The van der Waals surface area contributed by atoms with Crippen LogP contribution < -0.4 is 0 Å². The van der Waals surface area contributed by atoms with E-state index in [4.69, 9.17) is 23.7 Å². The number of hydrogen-bond acceptors (Lipinski definition) is 9. The molecule has 9 nitrogen and oxygen atoms in total. The van der Waals surface area contributed by atoms with E-state index in [1.54, 1.807) is 0 Å². The van der Waals surface area contributed by atoms with E-state index in [1.165, 1.54) is 20.8 Å². The van der Waals surface area contributed by atoms with Crippen molar-refractivity contribution in [3.05, 3.63) is 11.1 Å². The van der Waals surface area contributed by atoms with E-state index in [9.17, 15) is 19.5 Å². The molecule has 9 heteroatoms. The highest BCUT2D eigenvalue weighted by molar-refractivity contribution is 5.92. The third kappa shape index (κ3) is 4.31. The Morgan fingerprint density at radius 1 is 1.03 bits per heavy atom. The van der Waals surface area contributed by atoms with Crippen LogP contribution >= 0.6 is 0 Å². The number of esters is 3. The maximum absolute atomic E-state index is 12.6. The van der Waals surface area contributed by atoms with Gasteiger partial charge in [0, 0.05) is 25.8 Å². The molecular formula is C24H34O9. The minimum absolute atomic E-state index is 0.0248. The number of rotatable bonds is 2. The van der Waals surface area contributed by atoms with Crippen LogP contribution in [0.1, 0.15) is 73.6 Å². The summed E-state index contributed by atoms with van der Waals surface area (Å²) in [4.78, 5) is 37.0. The number of epoxide rings is 1. The van der Waals surface area contributed by atoms with Crippen LogP contribution in [0.2, 0.25) is 0 Å². The number of ether oxygens (including phenoxy) is 5. The normalized spacial score (nSPS) is 45.1. The lowest BCUT2D eigenvalue weighted by Gasteiger charge is -2.40. The molecule has 0 aliphatic carbocycles. The van der Waals surface area contributed by atoms with Crippen molar-refractivity contribution in [2.75, 3.05) is 0 Å². The van der Waals surface area contributed by atoms with Crippen molar-refractivity contribution in [1.82, 2.24) is 0 Å². The van der Waals surface area contributed by atoms with E-state index in [0.29, 0.717) is 6.42 Å². The standard InChI is InChI=1S/C24H34O9/c1-12-7-8-17-23(6,32-17)11-24(28)18(13(2)21(27)33-24)19(29-14(3)25)20(30-15(4)26)22(5)10-9-16(12)31-22/h12,16-17,19-20,28H,7-11H2,1-6H3/t12-,16+,17+,19-,20+,22+,23+,24+/m0/s1. The third-order valence-electron chi connectivity index (χ3n) is 7.63. The third-order valence-corrected chi connectivity index (χ3v) is 7.63. The molecule has 4 aliphatic rings. The predicted octanol–water partition coefficient (Wildman–Crippen LogP) is 2.33. The minimum atomic E-state index is -2.07. The van der Waals surface area contributed by atoms with Crippen molar-refractivity contribution < 1.29 is 43.2 Å². The lowest BCUT2D eigenvalue weighted by Crippen LogP contribution is -2.55. The van der Waals surface area contributed by atoms with Crippen LogP contribution in [0.15, 0.2) is 11.1 Å². The molecule has 4 aliphatic heterocycles. The summed E-state index contributed by atoms with van der Waals surface area (Å²) in [5, 5.41) is 11.7. The number of fused-ring (bicyclic) bond motifs is 4. The van der Waals surface area contributed by atoms with Crippen molar-refractivity contribution in [1.29, 1.82) is 0 Å². The molecule has 2 bridgehead atoms. The fourth-order valence-electron chi connectivity index (χ4n) is 5.78. The van der Waals surface area contributed by atoms with Crippen LogP contribution in [0.3, 0.4) is 0 Å². The van der Waals surface area contributed by atoms with Gasteiger partial charge in [0.1, 0.15) is 5.60 Å². The van der Waals surface area contributed by atoms with Crippen LogP contribution in [0.25, 0.3) is 0 Å². The van der Waals surface area contributed by atoms with Gasteiger partial charge in [0.2, 0.25) is 5.79 Å². The summed E-state index contributed by atoms with van der Waals surface area (Å²) in [5.74, 6) is -3.80. The van der Waals surface area contributed by atoms with Crippen molar-refractivity contribution in [2.24, 2.45) is 5.92 Å². The van der Waals surface area contributed by atoms with Gasteiger partial charge in [-0.3, -0.25) is 9.59 Å². The topological polar surface area (TPSA) is 121 Å². The fourth-order valence-corrected chi connectivity index (χ4v) is 5.78. The molecule has 8 atom stereocenters. The van der Waals surface area contributed by atoms with Crippen LogP contribution in [-0.2, 0) is 38.1 Å². The van der Waals surface area contributed by atoms with E-state index in [0.717, 1.165) is 19.3 Å². The summed E-state index contributed by atoms with van der Waals surface area (Å²) >= 11 is 0. The second-order valence-electron chi connectivity index (χ2n) is 10.4. The minimum Gasteiger partial charge on any atom is -0.455 e. The molecule has 0 spiro atoms. The van der Waals surface area contributed by atoms with Gasteiger partial charge in [-0.1, -0.05) is 6.92 Å². The number of carbonyl (C=O) groups is 3. The number of aliphatic hydroxyl groups is 1. The molecule has 0 aromatic heterocycles. The molecule has 0 radical (unpaired) electrons. The molecule has 0 amide bonds. The molecule has 0 aromatic carbocycles. The second kappa shape index (κ2) is 8.06. The monoisotopic (exact) mass is 466 g/mol. The van der Waals surface area contributed by atoms with Gasteiger partial charge >= 0.3 is 17.9 Å². The maximum atomic E-state index is 12.6. The van der Waals surface area contributed by atoms with Crippen molar-refractivity contribution in [3.8, 4) is 0 Å². The van der Waals surface area contributed by atoms with E-state index >= 15 is 0 Å². The van der Waals surface area contributed by atoms with Gasteiger partial charge in [-0.15, -0.1) is 0 Å². The van der Waals surface area contributed by atoms with E-state index in [2.05, 4.69) is 6.92 Å². The van der Waals surface area contributed by atoms with Gasteiger partial charge in [0.15, 0.2) is 12.2 Å². The first-order valence-corrected chi connectivity index (χ1v) is 11.6. The highest BCUT2D eigenvalue weighted by Crippen LogP contribution is 2.52. The summed E-state index contributed by atoms with van der Waals surface area (Å²) in [7, 11) is 0. The van der Waals surface area contributed by atoms with Gasteiger partial charge < -0.3 is 28.8 Å². The van der Waals surface area contributed by atoms with Crippen LogP contribution in [-0.4, -0.2) is 64.4 Å². The summed E-state index contributed by atoms with van der Waals surface area (Å²) in [5.41, 5.74) is -1.52. The van der Waals surface area contributed by atoms with E-state index < -0.39 is 47.1 Å². The summed E-state index contributed by atoms with van der Waals surface area (Å²) in [6, 6.07) is 0. The number of hydrogen-bond donors (Lipinski definition) is 1. The van der Waals surface area contributed by atoms with Crippen molar-refractivity contribution in [2.45, 2.75) is 115 Å². The van der Waals surface area contributed by atoms with Gasteiger partial charge in [-0.2, -0.15) is 0 Å². The Morgan fingerprint density at radius 3 is 2.33 bits per heavy atom. The Balaban J connectivity index is 1.86. The Bertz CT molecular complexity index is 896. The molecule has 3 saturated heterocycles. The predicted molar refractivity (Wildman–Crippen MR) is 114 cm³/mol. The molecule has 4 heterocycles. The maximum Gasteiger partial charge on any atom is 0.336 e. The smallest absolute Gasteiger partial charge is 0.336 e. The molecular weight excluding hydrogens is 432 g/mol. The van der Waals surface area contributed by atoms with E-state index in [1.807, 2.05) is 13.8 Å². The first-order valence-electron chi connectivity index (χ1n) is 11.6. The zero-order chi connectivity index (χ0) is 24.3. The summed E-state index contributed by atoms with van der Waals surface area (Å²) in [6.07, 6.45) is 0.349. The molecule has 184 valence electrons. The van der Waals surface area contributed by atoms with Crippen molar-refractivity contribution >= 4 is 17.9 Å². The Hall–Kier alpha value is -1.97. The average Bonchev–Trinajstić information content (AvgIpc) is 3.03. The van der Waals surface area contributed by atoms with Crippen LogP contribution in [0.5, 0.6) is 0 Å². The lowest BCUT2D eigenvalue weighted by atomic mass is 9.80.